The standard InChI is InChI=1S/C17H24O5/c1-6-21-15(18)10-12(3)14-8-7-13(9-11(14)2)22-17(4,5)16(19)20/h7-9,12H,6,10H2,1-5H3,(H,19,20). The molecule has 0 aliphatic rings. The number of ether oxygens (including phenoxy) is 2. The van der Waals surface area contributed by atoms with Gasteiger partial charge in [-0.2, -0.15) is 0 Å². The summed E-state index contributed by atoms with van der Waals surface area (Å²) in [6.07, 6.45) is 0.315. The Labute approximate surface area is 131 Å². The summed E-state index contributed by atoms with van der Waals surface area (Å²) in [6.45, 7) is 9.04. The van der Waals surface area contributed by atoms with Crippen LogP contribution in [0.15, 0.2) is 18.2 Å². The van der Waals surface area contributed by atoms with Crippen LogP contribution in [0.4, 0.5) is 0 Å². The second kappa shape index (κ2) is 7.29. The topological polar surface area (TPSA) is 72.8 Å². The third-order valence-electron chi connectivity index (χ3n) is 3.44. The van der Waals surface area contributed by atoms with Gasteiger partial charge in [-0.3, -0.25) is 4.79 Å². The number of esters is 1. The summed E-state index contributed by atoms with van der Waals surface area (Å²) in [6, 6.07) is 5.39. The minimum atomic E-state index is -1.29. The van der Waals surface area contributed by atoms with Crippen LogP contribution in [0.1, 0.15) is 51.2 Å². The van der Waals surface area contributed by atoms with Crippen molar-refractivity contribution in [1.29, 1.82) is 0 Å². The van der Waals surface area contributed by atoms with Crippen molar-refractivity contribution in [2.24, 2.45) is 0 Å². The van der Waals surface area contributed by atoms with Crippen LogP contribution in [0.2, 0.25) is 0 Å². The molecule has 0 fully saturated rings. The van der Waals surface area contributed by atoms with Gasteiger partial charge in [-0.15, -0.1) is 0 Å². The first-order valence-corrected chi connectivity index (χ1v) is 7.36. The summed E-state index contributed by atoms with van der Waals surface area (Å²) in [5.74, 6) is -0.718. The van der Waals surface area contributed by atoms with Crippen LogP contribution in [0.25, 0.3) is 0 Å². The van der Waals surface area contributed by atoms with Gasteiger partial charge >= 0.3 is 11.9 Å². The van der Waals surface area contributed by atoms with Gasteiger partial charge in [-0.05, 0) is 56.9 Å². The van der Waals surface area contributed by atoms with Crippen molar-refractivity contribution in [3.63, 3.8) is 0 Å². The predicted molar refractivity (Wildman–Crippen MR) is 83.2 cm³/mol. The second-order valence-electron chi connectivity index (χ2n) is 5.85. The zero-order valence-electron chi connectivity index (χ0n) is 13.8. The lowest BCUT2D eigenvalue weighted by Gasteiger charge is -2.22. The van der Waals surface area contributed by atoms with Crippen LogP contribution in [0.3, 0.4) is 0 Å². The molecule has 0 heterocycles. The molecular weight excluding hydrogens is 284 g/mol. The van der Waals surface area contributed by atoms with Crippen molar-refractivity contribution >= 4 is 11.9 Å². The highest BCUT2D eigenvalue weighted by atomic mass is 16.5. The van der Waals surface area contributed by atoms with Crippen molar-refractivity contribution < 1.29 is 24.2 Å². The number of carboxylic acid groups (broad SMARTS) is 1. The fourth-order valence-corrected chi connectivity index (χ4v) is 2.18. The number of aliphatic carboxylic acids is 1. The van der Waals surface area contributed by atoms with Crippen LogP contribution in [0.5, 0.6) is 5.75 Å². The number of aryl methyl sites for hydroxylation is 1. The maximum atomic E-state index is 11.6. The fourth-order valence-electron chi connectivity index (χ4n) is 2.18. The summed E-state index contributed by atoms with van der Waals surface area (Å²) < 4.78 is 10.5. The number of carbonyl (C=O) groups excluding carboxylic acids is 1. The average Bonchev–Trinajstić information content (AvgIpc) is 2.37. The highest BCUT2D eigenvalue weighted by Gasteiger charge is 2.29. The molecule has 0 aromatic heterocycles. The van der Waals surface area contributed by atoms with Crippen molar-refractivity contribution in [2.45, 2.75) is 52.6 Å². The van der Waals surface area contributed by atoms with E-state index in [9.17, 15) is 9.59 Å². The first kappa shape index (κ1) is 18.0. The van der Waals surface area contributed by atoms with Gasteiger partial charge < -0.3 is 14.6 Å². The lowest BCUT2D eigenvalue weighted by Crippen LogP contribution is -2.37. The number of rotatable bonds is 7. The van der Waals surface area contributed by atoms with E-state index in [1.807, 2.05) is 19.9 Å². The molecule has 0 aliphatic carbocycles. The Morgan fingerprint density at radius 1 is 1.32 bits per heavy atom. The van der Waals surface area contributed by atoms with Crippen LogP contribution in [0, 0.1) is 6.92 Å². The van der Waals surface area contributed by atoms with Gasteiger partial charge in [0.1, 0.15) is 5.75 Å². The lowest BCUT2D eigenvalue weighted by molar-refractivity contribution is -0.152. The summed E-state index contributed by atoms with van der Waals surface area (Å²) >= 11 is 0. The van der Waals surface area contributed by atoms with Gasteiger partial charge in [0.2, 0.25) is 0 Å². The SMILES string of the molecule is CCOC(=O)CC(C)c1ccc(OC(C)(C)C(=O)O)cc1C. The smallest absolute Gasteiger partial charge is 0.347 e. The molecule has 1 N–H and O–H groups in total. The van der Waals surface area contributed by atoms with E-state index in [1.54, 1.807) is 19.1 Å². The number of hydrogen-bond acceptors (Lipinski definition) is 4. The predicted octanol–water partition coefficient (Wildman–Crippen LogP) is 3.29. The van der Waals surface area contributed by atoms with Crippen molar-refractivity contribution in [2.75, 3.05) is 6.61 Å². The molecule has 0 saturated heterocycles. The van der Waals surface area contributed by atoms with Crippen molar-refractivity contribution in [3.8, 4) is 5.75 Å². The molecule has 1 aromatic rings. The molecule has 0 bridgehead atoms. The summed E-state index contributed by atoms with van der Waals surface area (Å²) in [4.78, 5) is 22.6. The zero-order chi connectivity index (χ0) is 16.9. The monoisotopic (exact) mass is 308 g/mol. The third kappa shape index (κ3) is 4.76. The van der Waals surface area contributed by atoms with E-state index in [0.717, 1.165) is 11.1 Å². The lowest BCUT2D eigenvalue weighted by atomic mass is 9.93. The van der Waals surface area contributed by atoms with Gasteiger partial charge in [0.15, 0.2) is 5.60 Å². The molecule has 5 heteroatoms. The molecule has 0 radical (unpaired) electrons. The van der Waals surface area contributed by atoms with Crippen LogP contribution in [-0.2, 0) is 14.3 Å². The van der Waals surface area contributed by atoms with Crippen molar-refractivity contribution in [3.05, 3.63) is 29.3 Å². The minimum Gasteiger partial charge on any atom is -0.478 e. The van der Waals surface area contributed by atoms with E-state index in [1.165, 1.54) is 13.8 Å². The Hall–Kier alpha value is -2.04. The molecule has 22 heavy (non-hydrogen) atoms. The Morgan fingerprint density at radius 2 is 1.95 bits per heavy atom. The second-order valence-corrected chi connectivity index (χ2v) is 5.85. The highest BCUT2D eigenvalue weighted by molar-refractivity contribution is 5.76. The molecule has 1 rings (SSSR count). The van der Waals surface area contributed by atoms with E-state index in [-0.39, 0.29) is 11.9 Å². The van der Waals surface area contributed by atoms with E-state index in [4.69, 9.17) is 14.6 Å². The van der Waals surface area contributed by atoms with Crippen molar-refractivity contribution in [1.82, 2.24) is 0 Å². The largest absolute Gasteiger partial charge is 0.478 e. The quantitative estimate of drug-likeness (QED) is 0.782. The molecule has 0 spiro atoms. The molecule has 0 aliphatic heterocycles. The van der Waals surface area contributed by atoms with Crippen LogP contribution in [-0.4, -0.2) is 29.3 Å². The number of hydrogen-bond donors (Lipinski definition) is 1. The highest BCUT2D eigenvalue weighted by Crippen LogP contribution is 2.28. The first-order valence-electron chi connectivity index (χ1n) is 7.36. The maximum Gasteiger partial charge on any atom is 0.347 e. The van der Waals surface area contributed by atoms with Gasteiger partial charge in [0, 0.05) is 0 Å². The first-order chi connectivity index (χ1) is 10.2. The molecule has 5 nitrogen and oxygen atoms in total. The minimum absolute atomic E-state index is 0.0283. The van der Waals surface area contributed by atoms with Gasteiger partial charge in [-0.1, -0.05) is 13.0 Å². The number of carboxylic acids is 1. The molecular formula is C17H24O5. The van der Waals surface area contributed by atoms with E-state index in [0.29, 0.717) is 18.8 Å². The Morgan fingerprint density at radius 3 is 2.45 bits per heavy atom. The molecule has 1 unspecified atom stereocenters. The van der Waals surface area contributed by atoms with Gasteiger partial charge in [0.05, 0.1) is 13.0 Å². The number of benzene rings is 1. The van der Waals surface area contributed by atoms with Gasteiger partial charge in [0.25, 0.3) is 0 Å². The summed E-state index contributed by atoms with van der Waals surface area (Å²) in [7, 11) is 0. The van der Waals surface area contributed by atoms with Crippen LogP contribution < -0.4 is 4.74 Å². The van der Waals surface area contributed by atoms with Crippen LogP contribution >= 0.6 is 0 Å². The molecule has 1 aromatic carbocycles. The molecule has 122 valence electrons. The summed E-state index contributed by atoms with van der Waals surface area (Å²) in [5, 5.41) is 9.09. The Bertz CT molecular complexity index is 548. The Balaban J connectivity index is 2.85. The maximum absolute atomic E-state index is 11.6. The fraction of sp³-hybridized carbons (Fsp3) is 0.529. The normalized spacial score (nSPS) is 12.6. The summed E-state index contributed by atoms with van der Waals surface area (Å²) in [5.41, 5.74) is 0.689. The van der Waals surface area contributed by atoms with E-state index in [2.05, 4.69) is 0 Å². The van der Waals surface area contributed by atoms with E-state index < -0.39 is 11.6 Å². The van der Waals surface area contributed by atoms with Gasteiger partial charge in [-0.25, -0.2) is 4.79 Å². The Kier molecular flexibility index (Phi) is 5.97. The molecule has 1 atom stereocenters. The molecule has 0 saturated carbocycles. The average molecular weight is 308 g/mol. The zero-order valence-corrected chi connectivity index (χ0v) is 13.8. The molecule has 0 amide bonds. The third-order valence-corrected chi connectivity index (χ3v) is 3.44. The van der Waals surface area contributed by atoms with E-state index >= 15 is 0 Å². The number of carbonyl (C=O) groups is 2.